The van der Waals surface area contributed by atoms with E-state index in [1.54, 1.807) is 9.58 Å². The first-order chi connectivity index (χ1) is 15.9. The van der Waals surface area contributed by atoms with E-state index in [2.05, 4.69) is 0 Å². The molecule has 2 aliphatic rings. The van der Waals surface area contributed by atoms with Crippen molar-refractivity contribution in [3.8, 4) is 5.69 Å². The molecule has 7 nitrogen and oxygen atoms in total. The van der Waals surface area contributed by atoms with Crippen LogP contribution in [0, 0.1) is 5.82 Å². The summed E-state index contributed by atoms with van der Waals surface area (Å²) in [5, 5.41) is 4.72. The number of para-hydroxylation sites is 1. The molecule has 172 valence electrons. The third-order valence-corrected chi connectivity index (χ3v) is 8.05. The third kappa shape index (κ3) is 4.43. The summed E-state index contributed by atoms with van der Waals surface area (Å²) in [7, 11) is -3.75. The van der Waals surface area contributed by atoms with Crippen LogP contribution in [-0.4, -0.2) is 59.5 Å². The normalized spacial score (nSPS) is 17.7. The summed E-state index contributed by atoms with van der Waals surface area (Å²) in [4.78, 5) is 15.3. The Morgan fingerprint density at radius 3 is 2.36 bits per heavy atom. The molecule has 1 aliphatic carbocycles. The Hall–Kier alpha value is -3.04. The van der Waals surface area contributed by atoms with Gasteiger partial charge in [0, 0.05) is 32.1 Å². The Morgan fingerprint density at radius 1 is 0.939 bits per heavy atom. The van der Waals surface area contributed by atoms with Gasteiger partial charge in [-0.2, -0.15) is 9.40 Å². The molecule has 0 N–H and O–H groups in total. The van der Waals surface area contributed by atoms with Gasteiger partial charge in [-0.25, -0.2) is 17.5 Å². The van der Waals surface area contributed by atoms with Crippen molar-refractivity contribution in [3.63, 3.8) is 0 Å². The van der Waals surface area contributed by atoms with Crippen molar-refractivity contribution in [2.45, 2.75) is 30.1 Å². The number of nitrogens with zero attached hydrogens (tertiary/aromatic N) is 4. The summed E-state index contributed by atoms with van der Waals surface area (Å²) in [6, 6.07) is 16.3. The molecule has 2 aromatic carbocycles. The first-order valence-electron chi connectivity index (χ1n) is 11.1. The zero-order chi connectivity index (χ0) is 23.0. The van der Waals surface area contributed by atoms with Crippen LogP contribution < -0.4 is 0 Å². The van der Waals surface area contributed by atoms with Crippen LogP contribution in [0.2, 0.25) is 0 Å². The Labute approximate surface area is 192 Å². The summed E-state index contributed by atoms with van der Waals surface area (Å²) in [6.07, 6.45) is 2.68. The number of hydrogen-bond acceptors (Lipinski definition) is 4. The molecule has 0 spiro atoms. The van der Waals surface area contributed by atoms with E-state index < -0.39 is 15.8 Å². The average molecular weight is 469 g/mol. The molecule has 0 unspecified atom stereocenters. The van der Waals surface area contributed by atoms with Gasteiger partial charge in [-0.3, -0.25) is 4.79 Å². The van der Waals surface area contributed by atoms with Crippen LogP contribution in [0.3, 0.4) is 0 Å². The maximum Gasteiger partial charge on any atom is 0.272 e. The summed E-state index contributed by atoms with van der Waals surface area (Å²) >= 11 is 0. The largest absolute Gasteiger partial charge is 0.336 e. The molecule has 33 heavy (non-hydrogen) atoms. The quantitative estimate of drug-likeness (QED) is 0.575. The van der Waals surface area contributed by atoms with Crippen LogP contribution in [0.4, 0.5) is 4.39 Å². The number of carbonyl (C=O) groups excluding carboxylic acids is 1. The standard InChI is InChI=1S/C24H25FN4O3S/c25-19-9-11-21(12-10-19)33(31,32)28-14-4-13-27(15-16-28)24(30)23-17-22(18-7-8-18)26-29(23)20-5-2-1-3-6-20/h1-3,5-6,9-12,17-18H,4,7-8,13-16H2. The maximum absolute atomic E-state index is 13.5. The van der Waals surface area contributed by atoms with Gasteiger partial charge in [-0.15, -0.1) is 0 Å². The number of sulfonamides is 1. The number of halogens is 1. The minimum absolute atomic E-state index is 0.0555. The van der Waals surface area contributed by atoms with Crippen LogP contribution in [0.5, 0.6) is 0 Å². The number of carbonyl (C=O) groups is 1. The molecular formula is C24H25FN4O3S. The summed E-state index contributed by atoms with van der Waals surface area (Å²) in [6.45, 7) is 1.21. The van der Waals surface area contributed by atoms with Gasteiger partial charge < -0.3 is 4.90 Å². The minimum Gasteiger partial charge on any atom is -0.336 e. The fourth-order valence-electron chi connectivity index (χ4n) is 4.15. The SMILES string of the molecule is O=C(c1cc(C2CC2)nn1-c1ccccc1)N1CCCN(S(=O)(=O)c2ccc(F)cc2)CC1. The number of aromatic nitrogens is 2. The van der Waals surface area contributed by atoms with Crippen LogP contribution in [0.1, 0.15) is 41.4 Å². The molecule has 0 bridgehead atoms. The molecule has 1 saturated heterocycles. The number of amides is 1. The Kier molecular flexibility index (Phi) is 5.76. The van der Waals surface area contributed by atoms with Gasteiger partial charge in [-0.1, -0.05) is 18.2 Å². The summed E-state index contributed by atoms with van der Waals surface area (Å²) in [5.41, 5.74) is 2.25. The van der Waals surface area contributed by atoms with Gasteiger partial charge in [0.15, 0.2) is 0 Å². The van der Waals surface area contributed by atoms with Crippen LogP contribution in [-0.2, 0) is 10.0 Å². The molecule has 1 saturated carbocycles. The predicted octanol–water partition coefficient (Wildman–Crippen LogP) is 3.43. The highest BCUT2D eigenvalue weighted by Crippen LogP contribution is 2.40. The fraction of sp³-hybridized carbons (Fsp3) is 0.333. The van der Waals surface area contributed by atoms with Crippen molar-refractivity contribution in [1.29, 1.82) is 0 Å². The predicted molar refractivity (Wildman–Crippen MR) is 121 cm³/mol. The second-order valence-corrected chi connectivity index (χ2v) is 10.4. The van der Waals surface area contributed by atoms with Crippen molar-refractivity contribution in [3.05, 3.63) is 77.9 Å². The molecule has 0 atom stereocenters. The molecule has 1 aromatic heterocycles. The van der Waals surface area contributed by atoms with Crippen molar-refractivity contribution < 1.29 is 17.6 Å². The molecular weight excluding hydrogens is 443 g/mol. The lowest BCUT2D eigenvalue weighted by atomic mass is 10.2. The highest BCUT2D eigenvalue weighted by atomic mass is 32.2. The summed E-state index contributed by atoms with van der Waals surface area (Å²) in [5.74, 6) is -0.233. The Balaban J connectivity index is 1.37. The first kappa shape index (κ1) is 21.8. The van der Waals surface area contributed by atoms with E-state index >= 15 is 0 Å². The second-order valence-electron chi connectivity index (χ2n) is 8.48. The molecule has 2 fully saturated rings. The highest BCUT2D eigenvalue weighted by molar-refractivity contribution is 7.89. The van der Waals surface area contributed by atoms with Gasteiger partial charge in [0.2, 0.25) is 10.0 Å². The topological polar surface area (TPSA) is 75.5 Å². The molecule has 2 heterocycles. The Morgan fingerprint density at radius 2 is 1.67 bits per heavy atom. The van der Waals surface area contributed by atoms with Crippen LogP contribution >= 0.6 is 0 Å². The van der Waals surface area contributed by atoms with E-state index in [1.165, 1.54) is 16.4 Å². The Bertz CT molecular complexity index is 1250. The number of hydrogen-bond donors (Lipinski definition) is 0. The van der Waals surface area contributed by atoms with Crippen LogP contribution in [0.15, 0.2) is 65.6 Å². The minimum atomic E-state index is -3.75. The molecule has 0 radical (unpaired) electrons. The molecule has 3 aromatic rings. The van der Waals surface area contributed by atoms with Crippen molar-refractivity contribution in [2.75, 3.05) is 26.2 Å². The number of rotatable bonds is 5. The maximum atomic E-state index is 13.5. The lowest BCUT2D eigenvalue weighted by molar-refractivity contribution is 0.0755. The fourth-order valence-corrected chi connectivity index (χ4v) is 5.62. The third-order valence-electron chi connectivity index (χ3n) is 6.14. The van der Waals surface area contributed by atoms with Crippen molar-refractivity contribution >= 4 is 15.9 Å². The van der Waals surface area contributed by atoms with Crippen molar-refractivity contribution in [2.24, 2.45) is 0 Å². The lowest BCUT2D eigenvalue weighted by Crippen LogP contribution is -2.38. The summed E-state index contributed by atoms with van der Waals surface area (Å²) < 4.78 is 42.3. The monoisotopic (exact) mass is 468 g/mol. The van der Waals surface area contributed by atoms with E-state index in [9.17, 15) is 17.6 Å². The highest BCUT2D eigenvalue weighted by Gasteiger charge is 2.32. The molecule has 1 aliphatic heterocycles. The second kappa shape index (κ2) is 8.72. The molecule has 1 amide bonds. The zero-order valence-electron chi connectivity index (χ0n) is 18.1. The molecule has 5 rings (SSSR count). The molecule has 9 heteroatoms. The van der Waals surface area contributed by atoms with Gasteiger partial charge >= 0.3 is 0 Å². The van der Waals surface area contributed by atoms with E-state index in [0.717, 1.165) is 36.4 Å². The van der Waals surface area contributed by atoms with Crippen LogP contribution in [0.25, 0.3) is 5.69 Å². The zero-order valence-corrected chi connectivity index (χ0v) is 18.9. The van der Waals surface area contributed by atoms with Gasteiger partial charge in [0.25, 0.3) is 5.91 Å². The smallest absolute Gasteiger partial charge is 0.272 e. The average Bonchev–Trinajstić information content (AvgIpc) is 3.62. The van der Waals surface area contributed by atoms with E-state index in [-0.39, 0.29) is 23.9 Å². The van der Waals surface area contributed by atoms with Gasteiger partial charge in [0.1, 0.15) is 11.5 Å². The van der Waals surface area contributed by atoms with E-state index in [1.807, 2.05) is 36.4 Å². The van der Waals surface area contributed by atoms with Gasteiger partial charge in [-0.05, 0) is 61.7 Å². The van der Waals surface area contributed by atoms with E-state index in [4.69, 9.17) is 5.10 Å². The van der Waals surface area contributed by atoms with Gasteiger partial charge in [0.05, 0.1) is 16.3 Å². The first-order valence-corrected chi connectivity index (χ1v) is 12.6. The van der Waals surface area contributed by atoms with E-state index in [0.29, 0.717) is 31.1 Å². The van der Waals surface area contributed by atoms with Crippen molar-refractivity contribution in [1.82, 2.24) is 19.0 Å². The number of benzene rings is 2. The lowest BCUT2D eigenvalue weighted by Gasteiger charge is -2.22.